The average Bonchev–Trinajstić information content (AvgIpc) is 2.67. The summed E-state index contributed by atoms with van der Waals surface area (Å²) in [5.74, 6) is 0.328. The lowest BCUT2D eigenvalue weighted by Gasteiger charge is -2.10. The number of hydrogen-bond donors (Lipinski definition) is 0. The Bertz CT molecular complexity index is 1020. The van der Waals surface area contributed by atoms with E-state index in [9.17, 15) is 9.65 Å². The third kappa shape index (κ3) is 4.84. The number of ether oxygens (including phenoxy) is 1. The standard InChI is InChI=1S/C23H17BrFNO/c1-16-6-9-18(10-7-16)20(14-26)12-17-8-11-23(21(24)13-17)27-15-19-4-2-3-5-22(19)25/h2-13H,15H2,1H3/b20-12+. The molecule has 134 valence electrons. The van der Waals surface area contributed by atoms with Crippen LogP contribution in [-0.4, -0.2) is 0 Å². The van der Waals surface area contributed by atoms with Gasteiger partial charge in [0.25, 0.3) is 0 Å². The first-order chi connectivity index (χ1) is 13.1. The van der Waals surface area contributed by atoms with Crippen molar-refractivity contribution >= 4 is 27.6 Å². The molecule has 0 heterocycles. The average molecular weight is 422 g/mol. The molecule has 4 heteroatoms. The van der Waals surface area contributed by atoms with Gasteiger partial charge >= 0.3 is 0 Å². The molecule has 0 saturated heterocycles. The van der Waals surface area contributed by atoms with Gasteiger partial charge in [-0.2, -0.15) is 5.26 Å². The van der Waals surface area contributed by atoms with Crippen molar-refractivity contribution in [2.45, 2.75) is 13.5 Å². The van der Waals surface area contributed by atoms with Gasteiger partial charge in [-0.3, -0.25) is 0 Å². The number of rotatable bonds is 5. The van der Waals surface area contributed by atoms with Crippen molar-refractivity contribution in [1.82, 2.24) is 0 Å². The molecule has 3 aromatic carbocycles. The molecule has 0 fully saturated rings. The first-order valence-corrected chi connectivity index (χ1v) is 9.21. The monoisotopic (exact) mass is 421 g/mol. The number of nitrogens with zero attached hydrogens (tertiary/aromatic N) is 1. The first kappa shape index (κ1) is 18.9. The molecule has 2 nitrogen and oxygen atoms in total. The Morgan fingerprint density at radius 2 is 1.85 bits per heavy atom. The lowest BCUT2D eigenvalue weighted by molar-refractivity contribution is 0.298. The molecule has 3 rings (SSSR count). The van der Waals surface area contributed by atoms with Crippen molar-refractivity contribution in [2.24, 2.45) is 0 Å². The van der Waals surface area contributed by atoms with Gasteiger partial charge < -0.3 is 4.74 Å². The minimum atomic E-state index is -0.287. The summed E-state index contributed by atoms with van der Waals surface area (Å²) in [6.07, 6.45) is 1.83. The highest BCUT2D eigenvalue weighted by molar-refractivity contribution is 9.10. The van der Waals surface area contributed by atoms with Crippen molar-refractivity contribution < 1.29 is 9.13 Å². The van der Waals surface area contributed by atoms with Crippen molar-refractivity contribution in [3.63, 3.8) is 0 Å². The van der Waals surface area contributed by atoms with Gasteiger partial charge in [-0.25, -0.2) is 4.39 Å². The van der Waals surface area contributed by atoms with Gasteiger partial charge in [-0.05, 0) is 58.3 Å². The Kier molecular flexibility index (Phi) is 6.05. The summed E-state index contributed by atoms with van der Waals surface area (Å²) < 4.78 is 20.2. The van der Waals surface area contributed by atoms with Crippen LogP contribution in [-0.2, 0) is 6.61 Å². The Hall–Kier alpha value is -2.90. The highest BCUT2D eigenvalue weighted by Gasteiger charge is 2.07. The van der Waals surface area contributed by atoms with Crippen LogP contribution in [0.5, 0.6) is 5.75 Å². The molecule has 27 heavy (non-hydrogen) atoms. The summed E-state index contributed by atoms with van der Waals surface area (Å²) in [5, 5.41) is 9.48. The van der Waals surface area contributed by atoms with Crippen molar-refractivity contribution in [2.75, 3.05) is 0 Å². The van der Waals surface area contributed by atoms with E-state index in [4.69, 9.17) is 4.74 Å². The molecule has 0 unspecified atom stereocenters. The van der Waals surface area contributed by atoms with Gasteiger partial charge in [0.1, 0.15) is 18.2 Å². The molecule has 0 amide bonds. The lowest BCUT2D eigenvalue weighted by atomic mass is 10.0. The smallest absolute Gasteiger partial charge is 0.134 e. The fourth-order valence-electron chi connectivity index (χ4n) is 2.57. The molecule has 0 aliphatic heterocycles. The molecule has 0 aromatic heterocycles. The summed E-state index contributed by atoms with van der Waals surface area (Å²) in [4.78, 5) is 0. The predicted octanol–water partition coefficient (Wildman–Crippen LogP) is 6.54. The van der Waals surface area contributed by atoms with E-state index in [1.54, 1.807) is 24.3 Å². The number of allylic oxidation sites excluding steroid dienone is 1. The summed E-state index contributed by atoms with van der Waals surface area (Å²) >= 11 is 3.49. The van der Waals surface area contributed by atoms with E-state index in [1.165, 1.54) is 6.07 Å². The minimum Gasteiger partial charge on any atom is -0.488 e. The van der Waals surface area contributed by atoms with E-state index >= 15 is 0 Å². The number of halogens is 2. The van der Waals surface area contributed by atoms with Crippen LogP contribution in [0.15, 0.2) is 71.2 Å². The minimum absolute atomic E-state index is 0.146. The van der Waals surface area contributed by atoms with Gasteiger partial charge in [0.15, 0.2) is 0 Å². The van der Waals surface area contributed by atoms with Crippen LogP contribution in [0, 0.1) is 24.1 Å². The molecule has 0 aliphatic carbocycles. The normalized spacial score (nSPS) is 11.1. The van der Waals surface area contributed by atoms with Gasteiger partial charge in [-0.15, -0.1) is 0 Å². The van der Waals surface area contributed by atoms with E-state index in [0.717, 1.165) is 21.2 Å². The van der Waals surface area contributed by atoms with Crippen LogP contribution in [0.25, 0.3) is 11.6 Å². The molecular weight excluding hydrogens is 405 g/mol. The number of aryl methyl sites for hydroxylation is 1. The molecule has 0 bridgehead atoms. The molecule has 0 atom stereocenters. The third-order valence-corrected chi connectivity index (χ3v) is 4.71. The summed E-state index contributed by atoms with van der Waals surface area (Å²) in [7, 11) is 0. The van der Waals surface area contributed by atoms with Crippen LogP contribution >= 0.6 is 15.9 Å². The first-order valence-electron chi connectivity index (χ1n) is 8.41. The van der Waals surface area contributed by atoms with Gasteiger partial charge in [0, 0.05) is 5.56 Å². The quantitative estimate of drug-likeness (QED) is 0.346. The van der Waals surface area contributed by atoms with E-state index < -0.39 is 0 Å². The predicted molar refractivity (Wildman–Crippen MR) is 110 cm³/mol. The SMILES string of the molecule is Cc1ccc(/C(C#N)=C/c2ccc(OCc3ccccc3F)c(Br)c2)cc1. The number of benzene rings is 3. The van der Waals surface area contributed by atoms with Crippen LogP contribution in [0.1, 0.15) is 22.3 Å². The molecule has 0 aliphatic rings. The second-order valence-electron chi connectivity index (χ2n) is 6.11. The van der Waals surface area contributed by atoms with Gasteiger partial charge in [-0.1, -0.05) is 54.1 Å². The lowest BCUT2D eigenvalue weighted by Crippen LogP contribution is -1.98. The maximum Gasteiger partial charge on any atom is 0.134 e. The summed E-state index contributed by atoms with van der Waals surface area (Å²) in [6, 6.07) is 22.2. The second-order valence-corrected chi connectivity index (χ2v) is 6.96. The molecule has 3 aromatic rings. The van der Waals surface area contributed by atoms with Crippen molar-refractivity contribution in [3.8, 4) is 11.8 Å². The molecule has 0 spiro atoms. The summed E-state index contributed by atoms with van der Waals surface area (Å²) in [6.45, 7) is 2.16. The Balaban J connectivity index is 1.78. The van der Waals surface area contributed by atoms with Crippen LogP contribution in [0.3, 0.4) is 0 Å². The van der Waals surface area contributed by atoms with Crippen molar-refractivity contribution in [1.29, 1.82) is 5.26 Å². The van der Waals surface area contributed by atoms with E-state index in [-0.39, 0.29) is 12.4 Å². The van der Waals surface area contributed by atoms with Crippen molar-refractivity contribution in [3.05, 3.63) is 99.3 Å². The molecule has 0 saturated carbocycles. The zero-order valence-corrected chi connectivity index (χ0v) is 16.3. The maximum atomic E-state index is 13.7. The van der Waals surface area contributed by atoms with E-state index in [1.807, 2.05) is 49.4 Å². The Morgan fingerprint density at radius 3 is 2.52 bits per heavy atom. The van der Waals surface area contributed by atoms with E-state index in [0.29, 0.717) is 16.9 Å². The maximum absolute atomic E-state index is 13.7. The fourth-order valence-corrected chi connectivity index (χ4v) is 3.09. The van der Waals surface area contributed by atoms with Crippen LogP contribution in [0.4, 0.5) is 4.39 Å². The summed E-state index contributed by atoms with van der Waals surface area (Å²) in [5.41, 5.74) is 3.98. The third-order valence-electron chi connectivity index (χ3n) is 4.09. The molecule has 0 N–H and O–H groups in total. The molecular formula is C23H17BrFNO. The molecule has 0 radical (unpaired) electrons. The number of hydrogen-bond acceptors (Lipinski definition) is 2. The number of nitriles is 1. The zero-order valence-electron chi connectivity index (χ0n) is 14.7. The fraction of sp³-hybridized carbons (Fsp3) is 0.0870. The second kappa shape index (κ2) is 8.66. The van der Waals surface area contributed by atoms with Gasteiger partial charge in [0.2, 0.25) is 0 Å². The Labute approximate surface area is 166 Å². The topological polar surface area (TPSA) is 33.0 Å². The van der Waals surface area contributed by atoms with E-state index in [2.05, 4.69) is 22.0 Å². The highest BCUT2D eigenvalue weighted by atomic mass is 79.9. The van der Waals surface area contributed by atoms with Gasteiger partial charge in [0.05, 0.1) is 16.1 Å². The van der Waals surface area contributed by atoms with Crippen LogP contribution in [0.2, 0.25) is 0 Å². The Morgan fingerprint density at radius 1 is 1.11 bits per heavy atom. The zero-order chi connectivity index (χ0) is 19.2. The largest absolute Gasteiger partial charge is 0.488 e. The highest BCUT2D eigenvalue weighted by Crippen LogP contribution is 2.29. The van der Waals surface area contributed by atoms with Crippen LogP contribution < -0.4 is 4.74 Å².